The maximum atomic E-state index is 12.9. The predicted molar refractivity (Wildman–Crippen MR) is 102 cm³/mol. The average molecular weight is 377 g/mol. The van der Waals surface area contributed by atoms with E-state index in [0.29, 0.717) is 29.4 Å². The van der Waals surface area contributed by atoms with Crippen LogP contribution in [0.4, 0.5) is 10.1 Å². The minimum atomic E-state index is -0.341. The fraction of sp³-hybridized carbons (Fsp3) is 0.0952. The molecule has 0 bridgehead atoms. The first-order valence-corrected chi connectivity index (χ1v) is 8.66. The van der Waals surface area contributed by atoms with Gasteiger partial charge in [-0.05, 0) is 35.9 Å². The molecule has 0 fully saturated rings. The number of carbonyl (C=O) groups is 1. The number of ether oxygens (including phenoxy) is 1. The van der Waals surface area contributed by atoms with Crippen molar-refractivity contribution in [3.63, 3.8) is 0 Å². The third-order valence-corrected chi connectivity index (χ3v) is 4.13. The number of benzene rings is 2. The lowest BCUT2D eigenvalue weighted by Crippen LogP contribution is -2.21. The Bertz CT molecular complexity index is 990. The monoisotopic (exact) mass is 377 g/mol. The molecule has 4 rings (SSSR count). The van der Waals surface area contributed by atoms with Gasteiger partial charge in [-0.3, -0.25) is 4.79 Å². The highest BCUT2D eigenvalue weighted by Gasteiger charge is 2.27. The second-order valence-corrected chi connectivity index (χ2v) is 6.14. The summed E-state index contributed by atoms with van der Waals surface area (Å²) in [7, 11) is 0. The molecule has 1 N–H and O–H groups in total. The maximum absolute atomic E-state index is 12.9. The number of nitrogens with zero attached hydrogens (tertiary/aromatic N) is 2. The van der Waals surface area contributed by atoms with Gasteiger partial charge in [0.2, 0.25) is 5.88 Å². The molecule has 0 aliphatic carbocycles. The molecule has 0 saturated heterocycles. The number of rotatable bonds is 5. The lowest BCUT2D eigenvalue weighted by Gasteiger charge is -2.08. The molecule has 140 valence electrons. The molecule has 1 atom stereocenters. The molecular weight excluding hydrogens is 361 g/mol. The molecule has 2 aromatic carbocycles. The molecule has 7 heteroatoms. The molecule has 1 unspecified atom stereocenters. The molecule has 1 aromatic heterocycles. The van der Waals surface area contributed by atoms with E-state index in [1.165, 1.54) is 30.5 Å². The predicted octanol–water partition coefficient (Wildman–Crippen LogP) is 4.47. The van der Waals surface area contributed by atoms with Crippen LogP contribution < -0.4 is 10.1 Å². The van der Waals surface area contributed by atoms with Crippen molar-refractivity contribution in [3.05, 3.63) is 84.3 Å². The lowest BCUT2D eigenvalue weighted by molar-refractivity contribution is -0.110. The normalized spacial score (nSPS) is 15.5. The number of amides is 1. The number of pyridine rings is 1. The molecule has 28 heavy (non-hydrogen) atoms. The molecule has 1 aliphatic heterocycles. The van der Waals surface area contributed by atoms with Crippen LogP contribution in [-0.4, -0.2) is 16.6 Å². The Balaban J connectivity index is 1.34. The van der Waals surface area contributed by atoms with Gasteiger partial charge in [0.05, 0.1) is 11.9 Å². The maximum Gasteiger partial charge on any atom is 0.273 e. The van der Waals surface area contributed by atoms with Crippen LogP contribution in [0, 0.1) is 5.82 Å². The highest BCUT2D eigenvalue weighted by molar-refractivity contribution is 6.43. The van der Waals surface area contributed by atoms with Crippen LogP contribution in [0.15, 0.2) is 78.1 Å². The standard InChI is InChI=1S/C21H16FN3O3/c22-15-6-9-17(10-7-15)27-20-11-8-16(13-23-20)24-21(26)18-12-19(28-25-18)14-4-2-1-3-5-14/h1-11,13,19H,12H2,(H,24,26). The Morgan fingerprint density at radius 1 is 1.07 bits per heavy atom. The number of anilines is 1. The summed E-state index contributed by atoms with van der Waals surface area (Å²) in [5.41, 5.74) is 1.79. The zero-order chi connectivity index (χ0) is 19.3. The van der Waals surface area contributed by atoms with E-state index in [2.05, 4.69) is 15.5 Å². The summed E-state index contributed by atoms with van der Waals surface area (Å²) in [6, 6.07) is 18.5. The first-order valence-electron chi connectivity index (χ1n) is 8.66. The summed E-state index contributed by atoms with van der Waals surface area (Å²) in [5, 5.41) is 6.64. The smallest absolute Gasteiger partial charge is 0.273 e. The number of carbonyl (C=O) groups excluding carboxylic acids is 1. The summed E-state index contributed by atoms with van der Waals surface area (Å²) < 4.78 is 18.4. The molecule has 0 saturated carbocycles. The van der Waals surface area contributed by atoms with Crippen molar-refractivity contribution in [2.75, 3.05) is 5.32 Å². The average Bonchev–Trinajstić information content (AvgIpc) is 3.22. The zero-order valence-electron chi connectivity index (χ0n) is 14.7. The van der Waals surface area contributed by atoms with Gasteiger partial charge < -0.3 is 14.9 Å². The van der Waals surface area contributed by atoms with Crippen molar-refractivity contribution in [2.24, 2.45) is 5.16 Å². The number of aromatic nitrogens is 1. The van der Waals surface area contributed by atoms with Crippen LogP contribution in [0.2, 0.25) is 0 Å². The van der Waals surface area contributed by atoms with Crippen LogP contribution in [0.3, 0.4) is 0 Å². The third kappa shape index (κ3) is 4.15. The summed E-state index contributed by atoms with van der Waals surface area (Å²) in [4.78, 5) is 21.9. The van der Waals surface area contributed by atoms with Gasteiger partial charge in [-0.2, -0.15) is 0 Å². The van der Waals surface area contributed by atoms with Gasteiger partial charge in [0.25, 0.3) is 5.91 Å². The number of halogens is 1. The zero-order valence-corrected chi connectivity index (χ0v) is 14.7. The van der Waals surface area contributed by atoms with E-state index >= 15 is 0 Å². The van der Waals surface area contributed by atoms with E-state index in [0.717, 1.165) is 5.56 Å². The number of hydrogen-bond acceptors (Lipinski definition) is 5. The third-order valence-electron chi connectivity index (χ3n) is 4.13. The van der Waals surface area contributed by atoms with Crippen molar-refractivity contribution < 1.29 is 18.8 Å². The van der Waals surface area contributed by atoms with Gasteiger partial charge in [-0.15, -0.1) is 0 Å². The molecule has 3 aromatic rings. The van der Waals surface area contributed by atoms with E-state index in [-0.39, 0.29) is 17.8 Å². The fourth-order valence-corrected chi connectivity index (χ4v) is 2.70. The van der Waals surface area contributed by atoms with Gasteiger partial charge in [0.1, 0.15) is 17.3 Å². The molecule has 0 radical (unpaired) electrons. The Morgan fingerprint density at radius 2 is 1.86 bits per heavy atom. The molecule has 1 aliphatic rings. The minimum absolute atomic E-state index is 0.258. The quantitative estimate of drug-likeness (QED) is 0.712. The minimum Gasteiger partial charge on any atom is -0.439 e. The first-order chi connectivity index (χ1) is 13.7. The van der Waals surface area contributed by atoms with Crippen LogP contribution in [0.1, 0.15) is 18.1 Å². The second-order valence-electron chi connectivity index (χ2n) is 6.14. The highest BCUT2D eigenvalue weighted by atomic mass is 19.1. The molecular formula is C21H16FN3O3. The largest absolute Gasteiger partial charge is 0.439 e. The Labute approximate surface area is 160 Å². The van der Waals surface area contributed by atoms with Gasteiger partial charge >= 0.3 is 0 Å². The summed E-state index contributed by atoms with van der Waals surface area (Å²) in [6.45, 7) is 0. The molecule has 0 spiro atoms. The summed E-state index contributed by atoms with van der Waals surface area (Å²) in [6.07, 6.45) is 1.61. The van der Waals surface area contributed by atoms with Crippen molar-refractivity contribution in [3.8, 4) is 11.6 Å². The van der Waals surface area contributed by atoms with Crippen LogP contribution >= 0.6 is 0 Å². The molecule has 2 heterocycles. The number of oxime groups is 1. The van der Waals surface area contributed by atoms with E-state index in [1.54, 1.807) is 12.1 Å². The Hall–Kier alpha value is -3.74. The number of hydrogen-bond donors (Lipinski definition) is 1. The number of nitrogens with one attached hydrogen (secondary N) is 1. The summed E-state index contributed by atoms with van der Waals surface area (Å²) in [5.74, 6) is 0.115. The highest BCUT2D eigenvalue weighted by Crippen LogP contribution is 2.27. The molecule has 1 amide bonds. The SMILES string of the molecule is O=C(Nc1ccc(Oc2ccc(F)cc2)nc1)C1=NOC(c2ccccc2)C1. The van der Waals surface area contributed by atoms with Crippen molar-refractivity contribution >= 4 is 17.3 Å². The lowest BCUT2D eigenvalue weighted by atomic mass is 10.0. The second kappa shape index (κ2) is 7.87. The Kier molecular flexibility index (Phi) is 4.97. The van der Waals surface area contributed by atoms with E-state index in [1.807, 2.05) is 30.3 Å². The van der Waals surface area contributed by atoms with Gasteiger partial charge in [0.15, 0.2) is 6.10 Å². The van der Waals surface area contributed by atoms with E-state index in [9.17, 15) is 9.18 Å². The Morgan fingerprint density at radius 3 is 2.57 bits per heavy atom. The van der Waals surface area contributed by atoms with Gasteiger partial charge in [-0.1, -0.05) is 35.5 Å². The van der Waals surface area contributed by atoms with Crippen molar-refractivity contribution in [1.29, 1.82) is 0 Å². The fourth-order valence-electron chi connectivity index (χ4n) is 2.70. The van der Waals surface area contributed by atoms with Gasteiger partial charge in [-0.25, -0.2) is 9.37 Å². The van der Waals surface area contributed by atoms with Gasteiger partial charge in [0, 0.05) is 12.5 Å². The first kappa shape index (κ1) is 17.7. The van der Waals surface area contributed by atoms with Crippen molar-refractivity contribution in [2.45, 2.75) is 12.5 Å². The topological polar surface area (TPSA) is 72.8 Å². The van der Waals surface area contributed by atoms with Crippen LogP contribution in [0.25, 0.3) is 0 Å². The van der Waals surface area contributed by atoms with Crippen LogP contribution in [0.5, 0.6) is 11.6 Å². The molecule has 6 nitrogen and oxygen atoms in total. The van der Waals surface area contributed by atoms with E-state index < -0.39 is 0 Å². The van der Waals surface area contributed by atoms with E-state index in [4.69, 9.17) is 9.57 Å². The summed E-state index contributed by atoms with van der Waals surface area (Å²) >= 11 is 0. The van der Waals surface area contributed by atoms with Crippen LogP contribution in [-0.2, 0) is 9.63 Å². The van der Waals surface area contributed by atoms with Crippen molar-refractivity contribution in [1.82, 2.24) is 4.98 Å².